The van der Waals surface area contributed by atoms with E-state index in [1.807, 2.05) is 24.3 Å². The van der Waals surface area contributed by atoms with Crippen molar-refractivity contribution in [3.8, 4) is 17.2 Å². The van der Waals surface area contributed by atoms with E-state index in [9.17, 15) is 9.90 Å². The lowest BCUT2D eigenvalue weighted by atomic mass is 10.1. The molecule has 0 radical (unpaired) electrons. The van der Waals surface area contributed by atoms with Gasteiger partial charge in [-0.2, -0.15) is 0 Å². The van der Waals surface area contributed by atoms with Gasteiger partial charge in [-0.1, -0.05) is 18.2 Å². The van der Waals surface area contributed by atoms with E-state index in [1.54, 1.807) is 32.4 Å². The summed E-state index contributed by atoms with van der Waals surface area (Å²) in [7, 11) is 3.16. The molecule has 0 heterocycles. The molecule has 0 bridgehead atoms. The second-order valence-electron chi connectivity index (χ2n) is 5.12. The molecule has 0 aliphatic carbocycles. The van der Waals surface area contributed by atoms with E-state index in [-0.39, 0.29) is 18.1 Å². The zero-order valence-corrected chi connectivity index (χ0v) is 13.3. The first-order valence-corrected chi connectivity index (χ1v) is 7.38. The Hall–Kier alpha value is -2.69. The number of phenolic OH excluding ortho intramolecular Hbond substituents is 1. The van der Waals surface area contributed by atoms with E-state index in [0.29, 0.717) is 24.5 Å². The lowest BCUT2D eigenvalue weighted by Gasteiger charge is -2.11. The molecule has 2 aromatic carbocycles. The highest BCUT2D eigenvalue weighted by molar-refractivity contribution is 5.79. The zero-order chi connectivity index (χ0) is 16.7. The van der Waals surface area contributed by atoms with Crippen LogP contribution < -0.4 is 14.8 Å². The Bertz CT molecular complexity index is 653. The van der Waals surface area contributed by atoms with Gasteiger partial charge in [0, 0.05) is 18.2 Å². The average molecular weight is 315 g/mol. The topological polar surface area (TPSA) is 67.8 Å². The Labute approximate surface area is 135 Å². The van der Waals surface area contributed by atoms with Crippen molar-refractivity contribution in [3.63, 3.8) is 0 Å². The second kappa shape index (κ2) is 8.08. The minimum absolute atomic E-state index is 0.0627. The molecule has 1 amide bonds. The van der Waals surface area contributed by atoms with Crippen molar-refractivity contribution in [1.82, 2.24) is 5.32 Å². The van der Waals surface area contributed by atoms with Gasteiger partial charge in [0.2, 0.25) is 5.91 Å². The minimum atomic E-state index is -0.0627. The number of hydrogen-bond donors (Lipinski definition) is 2. The van der Waals surface area contributed by atoms with Gasteiger partial charge in [0.15, 0.2) is 0 Å². The van der Waals surface area contributed by atoms with E-state index in [0.717, 1.165) is 11.1 Å². The normalized spacial score (nSPS) is 10.2. The van der Waals surface area contributed by atoms with Crippen LogP contribution in [-0.4, -0.2) is 31.8 Å². The number of benzene rings is 2. The first-order chi connectivity index (χ1) is 11.1. The Morgan fingerprint density at radius 1 is 1.09 bits per heavy atom. The fourth-order valence-electron chi connectivity index (χ4n) is 2.24. The fourth-order valence-corrected chi connectivity index (χ4v) is 2.24. The van der Waals surface area contributed by atoms with Gasteiger partial charge in [0.1, 0.15) is 17.2 Å². The van der Waals surface area contributed by atoms with E-state index in [4.69, 9.17) is 9.47 Å². The molecular formula is C18H21NO4. The number of amides is 1. The van der Waals surface area contributed by atoms with Crippen molar-refractivity contribution in [1.29, 1.82) is 0 Å². The predicted molar refractivity (Wildman–Crippen MR) is 88.1 cm³/mol. The van der Waals surface area contributed by atoms with E-state index in [2.05, 4.69) is 5.32 Å². The summed E-state index contributed by atoms with van der Waals surface area (Å²) in [6.45, 7) is 0.544. The SMILES string of the molecule is COc1ccc(CC(=O)NCCc2ccc(O)cc2)c(OC)c1. The van der Waals surface area contributed by atoms with Gasteiger partial charge in [-0.15, -0.1) is 0 Å². The maximum absolute atomic E-state index is 12.0. The number of methoxy groups -OCH3 is 2. The van der Waals surface area contributed by atoms with Crippen LogP contribution in [0.4, 0.5) is 0 Å². The number of aromatic hydroxyl groups is 1. The maximum Gasteiger partial charge on any atom is 0.224 e. The largest absolute Gasteiger partial charge is 0.508 e. The summed E-state index contributed by atoms with van der Waals surface area (Å²) in [6.07, 6.45) is 0.967. The molecule has 2 rings (SSSR count). The van der Waals surface area contributed by atoms with Crippen molar-refractivity contribution in [3.05, 3.63) is 53.6 Å². The van der Waals surface area contributed by atoms with Gasteiger partial charge in [-0.05, 0) is 30.2 Å². The molecule has 2 N–H and O–H groups in total. The summed E-state index contributed by atoms with van der Waals surface area (Å²) in [5.41, 5.74) is 1.88. The molecule has 0 saturated carbocycles. The molecule has 0 saturated heterocycles. The maximum atomic E-state index is 12.0. The van der Waals surface area contributed by atoms with Crippen LogP contribution in [0.15, 0.2) is 42.5 Å². The summed E-state index contributed by atoms with van der Waals surface area (Å²) in [6, 6.07) is 12.4. The van der Waals surface area contributed by atoms with Crippen molar-refractivity contribution in [2.24, 2.45) is 0 Å². The predicted octanol–water partition coefficient (Wildman–Crippen LogP) is 2.31. The molecule has 0 atom stereocenters. The van der Waals surface area contributed by atoms with Gasteiger partial charge in [0.05, 0.1) is 20.6 Å². The molecule has 0 aromatic heterocycles. The summed E-state index contributed by atoms with van der Waals surface area (Å²) in [4.78, 5) is 12.0. The highest BCUT2D eigenvalue weighted by atomic mass is 16.5. The van der Waals surface area contributed by atoms with Crippen LogP contribution in [0.3, 0.4) is 0 Å². The number of hydrogen-bond acceptors (Lipinski definition) is 4. The molecule has 0 unspecified atom stereocenters. The van der Waals surface area contributed by atoms with Gasteiger partial charge in [-0.25, -0.2) is 0 Å². The molecular weight excluding hydrogens is 294 g/mol. The molecule has 0 aliphatic rings. The Morgan fingerprint density at radius 2 is 1.83 bits per heavy atom. The Balaban J connectivity index is 1.86. The number of ether oxygens (including phenoxy) is 2. The van der Waals surface area contributed by atoms with Crippen LogP contribution in [-0.2, 0) is 17.6 Å². The number of nitrogens with one attached hydrogen (secondary N) is 1. The third-order valence-corrected chi connectivity index (χ3v) is 3.52. The monoisotopic (exact) mass is 315 g/mol. The first-order valence-electron chi connectivity index (χ1n) is 7.38. The Kier molecular flexibility index (Phi) is 5.86. The summed E-state index contributed by atoms with van der Waals surface area (Å²) >= 11 is 0. The number of phenols is 1. The van der Waals surface area contributed by atoms with Gasteiger partial charge < -0.3 is 19.9 Å². The summed E-state index contributed by atoms with van der Waals surface area (Å²) < 4.78 is 10.4. The fraction of sp³-hybridized carbons (Fsp3) is 0.278. The van der Waals surface area contributed by atoms with E-state index < -0.39 is 0 Å². The van der Waals surface area contributed by atoms with E-state index >= 15 is 0 Å². The van der Waals surface area contributed by atoms with Crippen molar-refractivity contribution in [2.75, 3.05) is 20.8 Å². The lowest BCUT2D eigenvalue weighted by molar-refractivity contribution is -0.120. The van der Waals surface area contributed by atoms with Gasteiger partial charge in [-0.3, -0.25) is 4.79 Å². The van der Waals surface area contributed by atoms with Crippen LogP contribution in [0.25, 0.3) is 0 Å². The quantitative estimate of drug-likeness (QED) is 0.823. The average Bonchev–Trinajstić information content (AvgIpc) is 2.57. The van der Waals surface area contributed by atoms with Crippen LogP contribution in [0.2, 0.25) is 0 Å². The van der Waals surface area contributed by atoms with Crippen molar-refractivity contribution in [2.45, 2.75) is 12.8 Å². The number of rotatable bonds is 7. The highest BCUT2D eigenvalue weighted by Gasteiger charge is 2.09. The van der Waals surface area contributed by atoms with Gasteiger partial charge >= 0.3 is 0 Å². The zero-order valence-electron chi connectivity index (χ0n) is 13.3. The summed E-state index contributed by atoms with van der Waals surface area (Å²) in [5.74, 6) is 1.51. The van der Waals surface area contributed by atoms with Crippen LogP contribution in [0, 0.1) is 0 Å². The molecule has 0 aliphatic heterocycles. The molecule has 0 spiro atoms. The molecule has 0 fully saturated rings. The first kappa shape index (κ1) is 16.7. The second-order valence-corrected chi connectivity index (χ2v) is 5.12. The standard InChI is InChI=1S/C18H21NO4/c1-22-16-8-5-14(17(12-16)23-2)11-18(21)19-10-9-13-3-6-15(20)7-4-13/h3-8,12,20H,9-11H2,1-2H3,(H,19,21). The smallest absolute Gasteiger partial charge is 0.224 e. The Morgan fingerprint density at radius 3 is 2.48 bits per heavy atom. The van der Waals surface area contributed by atoms with Crippen molar-refractivity contribution >= 4 is 5.91 Å². The molecule has 5 nitrogen and oxygen atoms in total. The third-order valence-electron chi connectivity index (χ3n) is 3.52. The molecule has 122 valence electrons. The molecule has 2 aromatic rings. The number of carbonyl (C=O) groups excluding carboxylic acids is 1. The number of carbonyl (C=O) groups is 1. The third kappa shape index (κ3) is 4.92. The van der Waals surface area contributed by atoms with Crippen molar-refractivity contribution < 1.29 is 19.4 Å². The minimum Gasteiger partial charge on any atom is -0.508 e. The highest BCUT2D eigenvalue weighted by Crippen LogP contribution is 2.24. The van der Waals surface area contributed by atoms with E-state index in [1.165, 1.54) is 0 Å². The van der Waals surface area contributed by atoms with Crippen LogP contribution >= 0.6 is 0 Å². The summed E-state index contributed by atoms with van der Waals surface area (Å²) in [5, 5.41) is 12.1. The van der Waals surface area contributed by atoms with Gasteiger partial charge in [0.25, 0.3) is 0 Å². The molecule has 23 heavy (non-hydrogen) atoms. The molecule has 5 heteroatoms. The van der Waals surface area contributed by atoms with Crippen LogP contribution in [0.1, 0.15) is 11.1 Å². The van der Waals surface area contributed by atoms with Crippen LogP contribution in [0.5, 0.6) is 17.2 Å². The lowest BCUT2D eigenvalue weighted by Crippen LogP contribution is -2.27.